The summed E-state index contributed by atoms with van der Waals surface area (Å²) in [6, 6.07) is 30.8. The monoisotopic (exact) mass is 496 g/mol. The largest absolute Gasteiger partial charge is 0.332 e. The van der Waals surface area contributed by atoms with Crippen molar-refractivity contribution in [1.29, 1.82) is 0 Å². The van der Waals surface area contributed by atoms with Gasteiger partial charge in [-0.2, -0.15) is 0 Å². The van der Waals surface area contributed by atoms with Gasteiger partial charge >= 0.3 is 0 Å². The lowest BCUT2D eigenvalue weighted by molar-refractivity contribution is 0.570. The number of aromatic nitrogens is 1. The highest BCUT2D eigenvalue weighted by Gasteiger charge is 2.31. The first kappa shape index (κ1) is 22.0. The van der Waals surface area contributed by atoms with Gasteiger partial charge in [-0.1, -0.05) is 85.1 Å². The first-order chi connectivity index (χ1) is 18.1. The highest BCUT2D eigenvalue weighted by molar-refractivity contribution is 7.72. The van der Waals surface area contributed by atoms with Gasteiger partial charge in [0.05, 0.1) is 26.6 Å². The number of nitrogens with zero attached hydrogens (tertiary/aromatic N) is 2. The van der Waals surface area contributed by atoms with Crippen LogP contribution in [0.15, 0.2) is 120 Å². The van der Waals surface area contributed by atoms with Crippen molar-refractivity contribution in [2.24, 2.45) is 0 Å². The summed E-state index contributed by atoms with van der Waals surface area (Å²) in [5.74, 6) is 0. The zero-order valence-electron chi connectivity index (χ0n) is 20.4. The lowest BCUT2D eigenvalue weighted by atomic mass is 9.90. The predicted molar refractivity (Wildman–Crippen MR) is 158 cm³/mol. The van der Waals surface area contributed by atoms with Gasteiger partial charge in [-0.3, -0.25) is 4.79 Å². The Bertz CT molecular complexity index is 2010. The van der Waals surface area contributed by atoms with Crippen LogP contribution < -0.4 is 10.3 Å². The van der Waals surface area contributed by atoms with Crippen molar-refractivity contribution in [2.45, 2.75) is 18.9 Å². The van der Waals surface area contributed by atoms with Crippen LogP contribution in [0, 0.1) is 4.51 Å². The van der Waals surface area contributed by atoms with Gasteiger partial charge in [0.2, 0.25) is 0 Å². The maximum Gasteiger partial charge on any atom is 0.197 e. The highest BCUT2D eigenvalue weighted by atomic mass is 32.1. The molecule has 0 N–H and O–H groups in total. The number of rotatable bonds is 3. The SMILES string of the molecule is CC1(N(c2ccccc2)c2ccc3c(=O)c4cccc5c(=S)c6ccccc6n(c3c2)c45)C=CC=CC1. The molecule has 1 aliphatic rings. The molecule has 1 aliphatic carbocycles. The fourth-order valence-corrected chi connectivity index (χ4v) is 6.24. The van der Waals surface area contributed by atoms with Crippen molar-refractivity contribution < 1.29 is 0 Å². The molecule has 0 amide bonds. The average molecular weight is 497 g/mol. The molecule has 0 saturated carbocycles. The van der Waals surface area contributed by atoms with Gasteiger partial charge in [0, 0.05) is 32.9 Å². The molecule has 6 aromatic rings. The van der Waals surface area contributed by atoms with Crippen molar-refractivity contribution in [1.82, 2.24) is 4.40 Å². The first-order valence-corrected chi connectivity index (χ1v) is 12.9. The Kier molecular flexibility index (Phi) is 4.82. The van der Waals surface area contributed by atoms with Crippen LogP contribution in [0.25, 0.3) is 38.1 Å². The number of benzene rings is 4. The quantitative estimate of drug-likeness (QED) is 0.140. The van der Waals surface area contributed by atoms with Crippen LogP contribution in [-0.4, -0.2) is 9.94 Å². The second-order valence-electron chi connectivity index (χ2n) is 9.93. The van der Waals surface area contributed by atoms with Gasteiger partial charge in [-0.25, -0.2) is 0 Å². The van der Waals surface area contributed by atoms with E-state index in [9.17, 15) is 4.79 Å². The van der Waals surface area contributed by atoms with E-state index in [1.807, 2.05) is 42.5 Å². The summed E-state index contributed by atoms with van der Waals surface area (Å²) in [6.07, 6.45) is 9.56. The number of hydrogen-bond acceptors (Lipinski definition) is 3. The number of hydrogen-bond donors (Lipinski definition) is 0. The molecule has 0 aliphatic heterocycles. The summed E-state index contributed by atoms with van der Waals surface area (Å²) in [7, 11) is 0. The third-order valence-corrected chi connectivity index (χ3v) is 8.06. The van der Waals surface area contributed by atoms with Crippen molar-refractivity contribution in [3.8, 4) is 0 Å². The maximum absolute atomic E-state index is 13.8. The number of pyridine rings is 2. The number of allylic oxidation sites excluding steroid dienone is 2. The van der Waals surface area contributed by atoms with Crippen molar-refractivity contribution in [3.05, 3.63) is 130 Å². The summed E-state index contributed by atoms with van der Waals surface area (Å²) >= 11 is 5.91. The molecule has 4 heteroatoms. The number of anilines is 2. The summed E-state index contributed by atoms with van der Waals surface area (Å²) in [5.41, 5.74) is 4.70. The van der Waals surface area contributed by atoms with E-state index < -0.39 is 0 Å². The second kappa shape index (κ2) is 8.12. The summed E-state index contributed by atoms with van der Waals surface area (Å²) in [6.45, 7) is 2.26. The van der Waals surface area contributed by atoms with Crippen molar-refractivity contribution in [2.75, 3.05) is 4.90 Å². The molecule has 2 aromatic heterocycles. The maximum atomic E-state index is 13.8. The number of para-hydroxylation sites is 3. The molecule has 4 aromatic carbocycles. The van der Waals surface area contributed by atoms with Gasteiger partial charge in [0.1, 0.15) is 0 Å². The smallest absolute Gasteiger partial charge is 0.197 e. The van der Waals surface area contributed by atoms with Crippen LogP contribution in [0.3, 0.4) is 0 Å². The highest BCUT2D eigenvalue weighted by Crippen LogP contribution is 2.39. The normalized spacial score (nSPS) is 17.3. The lowest BCUT2D eigenvalue weighted by Crippen LogP contribution is -2.42. The Hall–Kier alpha value is -4.28. The Morgan fingerprint density at radius 1 is 0.757 bits per heavy atom. The van der Waals surface area contributed by atoms with Crippen LogP contribution in [0.2, 0.25) is 0 Å². The lowest BCUT2D eigenvalue weighted by Gasteiger charge is -2.42. The summed E-state index contributed by atoms with van der Waals surface area (Å²) < 4.78 is 3.02. The molecule has 7 rings (SSSR count). The van der Waals surface area contributed by atoms with Crippen molar-refractivity contribution >= 4 is 61.7 Å². The molecule has 0 saturated heterocycles. The zero-order valence-corrected chi connectivity index (χ0v) is 21.2. The van der Waals surface area contributed by atoms with E-state index in [4.69, 9.17) is 12.2 Å². The molecular weight excluding hydrogens is 472 g/mol. The number of fused-ring (bicyclic) bond motifs is 4. The molecule has 0 bridgehead atoms. The van der Waals surface area contributed by atoms with E-state index in [0.717, 1.165) is 49.6 Å². The Balaban J connectivity index is 1.64. The van der Waals surface area contributed by atoms with Gasteiger partial charge in [-0.05, 0) is 55.8 Å². The third kappa shape index (κ3) is 3.19. The minimum Gasteiger partial charge on any atom is -0.332 e. The van der Waals surface area contributed by atoms with Crippen LogP contribution in [-0.2, 0) is 0 Å². The fraction of sp³-hybridized carbons (Fsp3) is 0.0909. The minimum atomic E-state index is -0.256. The summed E-state index contributed by atoms with van der Waals surface area (Å²) in [5, 5.41) is 3.35. The van der Waals surface area contributed by atoms with Crippen LogP contribution >= 0.6 is 12.2 Å². The van der Waals surface area contributed by atoms with Crippen LogP contribution in [0.1, 0.15) is 13.3 Å². The van der Waals surface area contributed by atoms with Gasteiger partial charge in [0.15, 0.2) is 5.43 Å². The molecule has 0 fully saturated rings. The molecule has 2 heterocycles. The molecule has 0 radical (unpaired) electrons. The molecule has 3 nitrogen and oxygen atoms in total. The third-order valence-electron chi connectivity index (χ3n) is 7.62. The van der Waals surface area contributed by atoms with E-state index in [-0.39, 0.29) is 11.0 Å². The molecule has 1 atom stereocenters. The molecule has 178 valence electrons. The first-order valence-electron chi connectivity index (χ1n) is 12.5. The topological polar surface area (TPSA) is 24.7 Å². The van der Waals surface area contributed by atoms with E-state index in [1.165, 1.54) is 0 Å². The predicted octanol–water partition coefficient (Wildman–Crippen LogP) is 8.34. The standard InChI is InChI=1S/C33H24N2OS/c1-33(19-8-3-9-20-33)35(22-11-4-2-5-12-22)23-17-18-24-29(21-23)34-28-16-7-6-13-25(28)32(37)27-15-10-14-26(30(27)34)31(24)36/h2-19,21H,20H2,1H3. The molecule has 1 unspecified atom stereocenters. The molecule has 37 heavy (non-hydrogen) atoms. The van der Waals surface area contributed by atoms with Gasteiger partial charge in [0.25, 0.3) is 0 Å². The summed E-state index contributed by atoms with van der Waals surface area (Å²) in [4.78, 5) is 16.2. The van der Waals surface area contributed by atoms with Gasteiger partial charge in [-0.15, -0.1) is 0 Å². The zero-order chi connectivity index (χ0) is 25.1. The average Bonchev–Trinajstić information content (AvgIpc) is 2.93. The Morgan fingerprint density at radius 3 is 2.32 bits per heavy atom. The van der Waals surface area contributed by atoms with E-state index in [0.29, 0.717) is 10.8 Å². The molecule has 0 spiro atoms. The Labute approximate surface area is 219 Å². The van der Waals surface area contributed by atoms with E-state index in [1.54, 1.807) is 0 Å². The van der Waals surface area contributed by atoms with E-state index >= 15 is 0 Å². The second-order valence-corrected chi connectivity index (χ2v) is 10.3. The van der Waals surface area contributed by atoms with Crippen molar-refractivity contribution in [3.63, 3.8) is 0 Å². The van der Waals surface area contributed by atoms with Crippen LogP contribution in [0.4, 0.5) is 11.4 Å². The minimum absolute atomic E-state index is 0.0369. The van der Waals surface area contributed by atoms with Gasteiger partial charge < -0.3 is 9.30 Å². The Morgan fingerprint density at radius 2 is 1.51 bits per heavy atom. The molecular formula is C33H24N2OS. The van der Waals surface area contributed by atoms with Crippen LogP contribution in [0.5, 0.6) is 0 Å². The van der Waals surface area contributed by atoms with E-state index in [2.05, 4.69) is 89.1 Å². The fourth-order valence-electron chi connectivity index (χ4n) is 5.91.